The Bertz CT molecular complexity index is 538. The molecule has 0 aliphatic heterocycles. The number of alkyl halides is 3. The van der Waals surface area contributed by atoms with Gasteiger partial charge in [0.2, 0.25) is 10.0 Å². The van der Waals surface area contributed by atoms with Crippen molar-refractivity contribution in [3.8, 4) is 5.75 Å². The Morgan fingerprint density at radius 1 is 1.29 bits per heavy atom. The van der Waals surface area contributed by atoms with Crippen molar-refractivity contribution in [1.82, 2.24) is 0 Å². The van der Waals surface area contributed by atoms with Gasteiger partial charge in [-0.05, 0) is 12.1 Å². The van der Waals surface area contributed by atoms with Gasteiger partial charge in [0.15, 0.2) is 12.0 Å². The van der Waals surface area contributed by atoms with Gasteiger partial charge in [0.05, 0.1) is 5.56 Å². The van der Waals surface area contributed by atoms with Crippen molar-refractivity contribution >= 4 is 16.3 Å². The number of hydrogen-bond donors (Lipinski definition) is 1. The van der Waals surface area contributed by atoms with Crippen molar-refractivity contribution < 1.29 is 31.1 Å². The summed E-state index contributed by atoms with van der Waals surface area (Å²) in [4.78, 5) is 9.61. The van der Waals surface area contributed by atoms with E-state index in [1.165, 1.54) is 0 Å². The van der Waals surface area contributed by atoms with E-state index in [-0.39, 0.29) is 6.29 Å². The minimum absolute atomic E-state index is 0.0375. The van der Waals surface area contributed by atoms with E-state index in [0.29, 0.717) is 0 Å². The van der Waals surface area contributed by atoms with Crippen LogP contribution < -0.4 is 9.88 Å². The number of sulfonamides is 1. The van der Waals surface area contributed by atoms with Gasteiger partial charge in [-0.25, -0.2) is 13.6 Å². The SMILES string of the molecule is NS(=O)(=O)c1cccc(C=O)c1OC(F)(F)F. The average Bonchev–Trinajstić information content (AvgIpc) is 2.13. The Kier molecular flexibility index (Phi) is 3.43. The molecule has 1 aromatic rings. The van der Waals surface area contributed by atoms with Gasteiger partial charge >= 0.3 is 6.36 Å². The number of benzene rings is 1. The lowest BCUT2D eigenvalue weighted by atomic mass is 10.2. The Morgan fingerprint density at radius 3 is 2.29 bits per heavy atom. The van der Waals surface area contributed by atoms with Gasteiger partial charge in [-0.15, -0.1) is 13.2 Å². The molecule has 0 amide bonds. The van der Waals surface area contributed by atoms with Crippen LogP contribution in [0.5, 0.6) is 5.75 Å². The van der Waals surface area contributed by atoms with E-state index < -0.39 is 32.6 Å². The molecule has 0 unspecified atom stereocenters. The van der Waals surface area contributed by atoms with Crippen molar-refractivity contribution in [1.29, 1.82) is 0 Å². The van der Waals surface area contributed by atoms with Gasteiger partial charge in [-0.1, -0.05) is 6.07 Å². The zero-order valence-electron chi connectivity index (χ0n) is 8.06. The van der Waals surface area contributed by atoms with Gasteiger partial charge in [0.25, 0.3) is 0 Å². The lowest BCUT2D eigenvalue weighted by molar-refractivity contribution is -0.275. The van der Waals surface area contributed by atoms with Crippen LogP contribution in [0.1, 0.15) is 10.4 Å². The first-order chi connectivity index (χ1) is 7.65. The second-order valence-electron chi connectivity index (χ2n) is 2.89. The predicted octanol–water partition coefficient (Wildman–Crippen LogP) is 1.05. The topological polar surface area (TPSA) is 86.5 Å². The number of carbonyl (C=O) groups excluding carboxylic acids is 1. The molecule has 0 spiro atoms. The molecule has 0 saturated carbocycles. The molecular weight excluding hydrogens is 263 g/mol. The summed E-state index contributed by atoms with van der Waals surface area (Å²) in [5.41, 5.74) is -0.561. The molecule has 0 radical (unpaired) electrons. The third kappa shape index (κ3) is 3.43. The molecule has 0 aliphatic rings. The van der Waals surface area contributed by atoms with Crippen LogP contribution in [0.3, 0.4) is 0 Å². The summed E-state index contributed by atoms with van der Waals surface area (Å²) in [6, 6.07) is 2.86. The molecule has 9 heteroatoms. The Hall–Kier alpha value is -1.61. The average molecular weight is 269 g/mol. The summed E-state index contributed by atoms with van der Waals surface area (Å²) >= 11 is 0. The lowest BCUT2D eigenvalue weighted by Gasteiger charge is -2.13. The fourth-order valence-corrected chi connectivity index (χ4v) is 1.76. The van der Waals surface area contributed by atoms with Crippen LogP contribution in [0.25, 0.3) is 0 Å². The lowest BCUT2D eigenvalue weighted by Crippen LogP contribution is -2.22. The van der Waals surface area contributed by atoms with Gasteiger partial charge in [0.1, 0.15) is 4.90 Å². The van der Waals surface area contributed by atoms with Crippen LogP contribution in [0.15, 0.2) is 23.1 Å². The first-order valence-electron chi connectivity index (χ1n) is 4.02. The van der Waals surface area contributed by atoms with E-state index >= 15 is 0 Å². The number of carbonyl (C=O) groups is 1. The summed E-state index contributed by atoms with van der Waals surface area (Å²) in [5.74, 6) is -1.13. The van der Waals surface area contributed by atoms with E-state index in [2.05, 4.69) is 4.74 Å². The molecule has 0 heterocycles. The number of rotatable bonds is 3. The number of para-hydroxylation sites is 1. The summed E-state index contributed by atoms with van der Waals surface area (Å²) in [6.07, 6.45) is -5.09. The summed E-state index contributed by atoms with van der Waals surface area (Å²) < 4.78 is 61.7. The number of halogens is 3. The van der Waals surface area contributed by atoms with Gasteiger partial charge in [-0.2, -0.15) is 0 Å². The monoisotopic (exact) mass is 269 g/mol. The van der Waals surface area contributed by atoms with Crippen molar-refractivity contribution in [2.24, 2.45) is 5.14 Å². The molecule has 94 valence electrons. The fraction of sp³-hybridized carbons (Fsp3) is 0.125. The highest BCUT2D eigenvalue weighted by Gasteiger charge is 2.34. The largest absolute Gasteiger partial charge is 0.573 e. The Morgan fingerprint density at radius 2 is 1.88 bits per heavy atom. The van der Waals surface area contributed by atoms with Crippen molar-refractivity contribution in [2.75, 3.05) is 0 Å². The van der Waals surface area contributed by atoms with E-state index in [4.69, 9.17) is 5.14 Å². The summed E-state index contributed by atoms with van der Waals surface area (Å²) in [5, 5.41) is 4.71. The van der Waals surface area contributed by atoms with Crippen LogP contribution in [0, 0.1) is 0 Å². The number of primary sulfonamides is 1. The smallest absolute Gasteiger partial charge is 0.404 e. The zero-order valence-corrected chi connectivity index (χ0v) is 8.88. The zero-order chi connectivity index (χ0) is 13.3. The minimum Gasteiger partial charge on any atom is -0.404 e. The van der Waals surface area contributed by atoms with Crippen molar-refractivity contribution in [3.05, 3.63) is 23.8 Å². The maximum absolute atomic E-state index is 12.1. The Balaban J connectivity index is 3.47. The first-order valence-corrected chi connectivity index (χ1v) is 5.56. The van der Waals surface area contributed by atoms with Gasteiger partial charge < -0.3 is 4.74 Å². The third-order valence-electron chi connectivity index (χ3n) is 1.66. The van der Waals surface area contributed by atoms with Crippen LogP contribution in [-0.2, 0) is 10.0 Å². The molecule has 1 aromatic carbocycles. The number of nitrogens with two attached hydrogens (primary N) is 1. The third-order valence-corrected chi connectivity index (χ3v) is 2.60. The second-order valence-corrected chi connectivity index (χ2v) is 4.42. The molecule has 0 bridgehead atoms. The van der Waals surface area contributed by atoms with E-state index in [9.17, 15) is 26.4 Å². The highest BCUT2D eigenvalue weighted by atomic mass is 32.2. The number of aldehydes is 1. The highest BCUT2D eigenvalue weighted by Crippen LogP contribution is 2.31. The summed E-state index contributed by atoms with van der Waals surface area (Å²) in [7, 11) is -4.42. The molecule has 0 aromatic heterocycles. The second kappa shape index (κ2) is 4.34. The molecule has 2 N–H and O–H groups in total. The van der Waals surface area contributed by atoms with E-state index in [0.717, 1.165) is 18.2 Å². The predicted molar refractivity (Wildman–Crippen MR) is 49.9 cm³/mol. The van der Waals surface area contributed by atoms with Crippen molar-refractivity contribution in [2.45, 2.75) is 11.3 Å². The molecule has 0 fully saturated rings. The van der Waals surface area contributed by atoms with Crippen LogP contribution in [-0.4, -0.2) is 21.1 Å². The normalized spacial score (nSPS) is 12.2. The molecule has 17 heavy (non-hydrogen) atoms. The number of ether oxygens (including phenoxy) is 1. The number of hydrogen-bond acceptors (Lipinski definition) is 4. The van der Waals surface area contributed by atoms with Crippen LogP contribution in [0.4, 0.5) is 13.2 Å². The molecule has 5 nitrogen and oxygen atoms in total. The van der Waals surface area contributed by atoms with Gasteiger partial charge in [0, 0.05) is 0 Å². The highest BCUT2D eigenvalue weighted by molar-refractivity contribution is 7.89. The van der Waals surface area contributed by atoms with Crippen molar-refractivity contribution in [3.63, 3.8) is 0 Å². The standard InChI is InChI=1S/C8H6F3NO4S/c9-8(10,11)16-7-5(4-13)2-1-3-6(7)17(12,14)15/h1-4H,(H2,12,14,15). The first kappa shape index (κ1) is 13.5. The van der Waals surface area contributed by atoms with Crippen LogP contribution >= 0.6 is 0 Å². The fourth-order valence-electron chi connectivity index (χ4n) is 1.07. The molecule has 0 atom stereocenters. The Labute approximate surface area is 94.0 Å². The molecule has 0 aliphatic carbocycles. The molecular formula is C8H6F3NO4S. The van der Waals surface area contributed by atoms with Crippen LogP contribution in [0.2, 0.25) is 0 Å². The minimum atomic E-state index is -5.13. The van der Waals surface area contributed by atoms with Gasteiger partial charge in [-0.3, -0.25) is 4.79 Å². The summed E-state index contributed by atoms with van der Waals surface area (Å²) in [6.45, 7) is 0. The van der Waals surface area contributed by atoms with E-state index in [1.807, 2.05) is 0 Å². The quantitative estimate of drug-likeness (QED) is 0.831. The molecule has 1 rings (SSSR count). The maximum atomic E-state index is 12.1. The maximum Gasteiger partial charge on any atom is 0.573 e. The molecule has 0 saturated heterocycles. The van der Waals surface area contributed by atoms with E-state index in [1.54, 1.807) is 0 Å².